The van der Waals surface area contributed by atoms with E-state index in [2.05, 4.69) is 210 Å². The summed E-state index contributed by atoms with van der Waals surface area (Å²) in [6, 6.07) is 64.8. The molecule has 1 aliphatic carbocycles. The van der Waals surface area contributed by atoms with Crippen molar-refractivity contribution < 1.29 is 4.42 Å². The van der Waals surface area contributed by atoms with Crippen LogP contribution in [0.5, 0.6) is 0 Å². The van der Waals surface area contributed by atoms with Crippen molar-refractivity contribution in [3.05, 3.63) is 218 Å². The Labute approximate surface area is 329 Å². The second kappa shape index (κ2) is 15.7. The molecule has 1 aromatic heterocycles. The van der Waals surface area contributed by atoms with Crippen LogP contribution in [0.4, 0.5) is 51.2 Å². The normalized spacial score (nSPS) is 12.3. The Hall–Kier alpha value is -7.04. The standard InChI is InChI=1S/C52H43N3O/c1-2-47-49(54(43-27-13-6-14-28-43)46-31-18-30-45(37-46)53(41-23-9-4-10-24-41)42-25-11-5-12-26-42)33-19-34-50(47)55(51-38-56-52-35-16-15-32-48(51)52)44-29-17-22-40(36-44)39-20-7-3-8-21-39/h3-7,9-20,22-38H,2,8,21H2,1H3. The fraction of sp³-hybridized carbons (Fsp3) is 0.0769. The summed E-state index contributed by atoms with van der Waals surface area (Å²) < 4.78 is 6.24. The zero-order valence-corrected chi connectivity index (χ0v) is 31.5. The number of furan rings is 1. The molecular formula is C52H43N3O. The van der Waals surface area contributed by atoms with Gasteiger partial charge in [0.25, 0.3) is 0 Å². The predicted octanol–water partition coefficient (Wildman–Crippen LogP) is 15.1. The minimum atomic E-state index is 0.802. The van der Waals surface area contributed by atoms with Gasteiger partial charge < -0.3 is 19.1 Å². The van der Waals surface area contributed by atoms with Crippen LogP contribution in [0.15, 0.2) is 211 Å². The molecule has 4 heteroatoms. The van der Waals surface area contributed by atoms with Gasteiger partial charge in [-0.3, -0.25) is 0 Å². The van der Waals surface area contributed by atoms with E-state index in [-0.39, 0.29) is 0 Å². The first-order valence-corrected chi connectivity index (χ1v) is 19.5. The van der Waals surface area contributed by atoms with Crippen LogP contribution in [-0.2, 0) is 6.42 Å². The Morgan fingerprint density at radius 3 is 1.66 bits per heavy atom. The van der Waals surface area contributed by atoms with Crippen molar-refractivity contribution in [1.82, 2.24) is 0 Å². The lowest BCUT2D eigenvalue weighted by Crippen LogP contribution is -2.17. The van der Waals surface area contributed by atoms with Gasteiger partial charge in [-0.1, -0.05) is 116 Å². The van der Waals surface area contributed by atoms with Crippen LogP contribution in [-0.4, -0.2) is 0 Å². The smallest absolute Gasteiger partial charge is 0.136 e. The molecule has 4 nitrogen and oxygen atoms in total. The van der Waals surface area contributed by atoms with Gasteiger partial charge in [0.2, 0.25) is 0 Å². The van der Waals surface area contributed by atoms with Gasteiger partial charge in [-0.05, 0) is 127 Å². The second-order valence-electron chi connectivity index (χ2n) is 14.0. The van der Waals surface area contributed by atoms with E-state index in [1.807, 2.05) is 18.4 Å². The van der Waals surface area contributed by atoms with Crippen LogP contribution in [0.3, 0.4) is 0 Å². The quantitative estimate of drug-likeness (QED) is 0.132. The first kappa shape index (κ1) is 34.7. The number of hydrogen-bond donors (Lipinski definition) is 0. The number of fused-ring (bicyclic) bond motifs is 1. The van der Waals surface area contributed by atoms with Gasteiger partial charge in [0.1, 0.15) is 11.8 Å². The first-order valence-electron chi connectivity index (χ1n) is 19.5. The monoisotopic (exact) mass is 725 g/mol. The van der Waals surface area contributed by atoms with E-state index in [9.17, 15) is 0 Å². The van der Waals surface area contributed by atoms with E-state index in [1.54, 1.807) is 0 Å². The highest BCUT2D eigenvalue weighted by atomic mass is 16.3. The highest BCUT2D eigenvalue weighted by Gasteiger charge is 2.25. The molecule has 0 aliphatic heterocycles. The van der Waals surface area contributed by atoms with Crippen molar-refractivity contribution in [3.63, 3.8) is 0 Å². The molecule has 1 aliphatic rings. The molecule has 0 saturated heterocycles. The van der Waals surface area contributed by atoms with E-state index in [0.29, 0.717) is 0 Å². The summed E-state index contributed by atoms with van der Waals surface area (Å²) in [5.74, 6) is 0. The number of allylic oxidation sites excluding steroid dienone is 4. The third-order valence-electron chi connectivity index (χ3n) is 10.5. The maximum absolute atomic E-state index is 6.24. The molecule has 7 aromatic carbocycles. The summed E-state index contributed by atoms with van der Waals surface area (Å²) in [6.07, 6.45) is 11.5. The first-order chi connectivity index (χ1) is 27.8. The average Bonchev–Trinajstić information content (AvgIpc) is 3.69. The molecular weight excluding hydrogens is 683 g/mol. The van der Waals surface area contributed by atoms with Crippen LogP contribution in [0, 0.1) is 0 Å². The molecule has 0 fully saturated rings. The third kappa shape index (κ3) is 6.78. The topological polar surface area (TPSA) is 22.9 Å². The van der Waals surface area contributed by atoms with Gasteiger partial charge in [-0.2, -0.15) is 0 Å². The summed E-state index contributed by atoms with van der Waals surface area (Å²) in [5.41, 5.74) is 14.4. The zero-order chi connectivity index (χ0) is 37.7. The summed E-state index contributed by atoms with van der Waals surface area (Å²) in [5, 5.41) is 1.07. The number of para-hydroxylation sites is 4. The van der Waals surface area contributed by atoms with Crippen LogP contribution in [0.1, 0.15) is 30.9 Å². The lowest BCUT2D eigenvalue weighted by atomic mass is 9.96. The summed E-state index contributed by atoms with van der Waals surface area (Å²) in [4.78, 5) is 7.12. The van der Waals surface area contributed by atoms with Gasteiger partial charge in [-0.15, -0.1) is 0 Å². The van der Waals surface area contributed by atoms with Crippen molar-refractivity contribution in [2.45, 2.75) is 26.2 Å². The van der Waals surface area contributed by atoms with Crippen molar-refractivity contribution in [1.29, 1.82) is 0 Å². The molecule has 0 N–H and O–H groups in total. The molecule has 0 amide bonds. The summed E-state index contributed by atoms with van der Waals surface area (Å²) in [6.45, 7) is 2.26. The predicted molar refractivity (Wildman–Crippen MR) is 236 cm³/mol. The number of nitrogens with zero attached hydrogens (tertiary/aromatic N) is 3. The van der Waals surface area contributed by atoms with Crippen LogP contribution >= 0.6 is 0 Å². The van der Waals surface area contributed by atoms with Crippen LogP contribution in [0.25, 0.3) is 16.5 Å². The van der Waals surface area contributed by atoms with Crippen molar-refractivity contribution in [3.8, 4) is 0 Å². The average molecular weight is 726 g/mol. The molecule has 0 atom stereocenters. The van der Waals surface area contributed by atoms with Crippen molar-refractivity contribution >= 4 is 67.7 Å². The minimum absolute atomic E-state index is 0.802. The molecule has 9 rings (SSSR count). The Kier molecular flexibility index (Phi) is 9.76. The molecule has 0 unspecified atom stereocenters. The largest absolute Gasteiger partial charge is 0.462 e. The van der Waals surface area contributed by atoms with E-state index < -0.39 is 0 Å². The number of benzene rings is 7. The van der Waals surface area contributed by atoms with Gasteiger partial charge in [-0.25, -0.2) is 0 Å². The van der Waals surface area contributed by atoms with E-state index in [1.165, 1.54) is 16.7 Å². The molecule has 56 heavy (non-hydrogen) atoms. The van der Waals surface area contributed by atoms with E-state index in [4.69, 9.17) is 4.42 Å². The highest BCUT2D eigenvalue weighted by molar-refractivity contribution is 5.98. The van der Waals surface area contributed by atoms with Gasteiger partial charge in [0.15, 0.2) is 0 Å². The fourth-order valence-electron chi connectivity index (χ4n) is 7.95. The van der Waals surface area contributed by atoms with Crippen LogP contribution < -0.4 is 14.7 Å². The number of hydrogen-bond acceptors (Lipinski definition) is 4. The zero-order valence-electron chi connectivity index (χ0n) is 31.5. The van der Waals surface area contributed by atoms with Gasteiger partial charge >= 0.3 is 0 Å². The van der Waals surface area contributed by atoms with E-state index >= 15 is 0 Å². The van der Waals surface area contributed by atoms with Gasteiger partial charge in [0.05, 0.1) is 17.1 Å². The van der Waals surface area contributed by atoms with Crippen molar-refractivity contribution in [2.75, 3.05) is 14.7 Å². The van der Waals surface area contributed by atoms with Crippen LogP contribution in [0.2, 0.25) is 0 Å². The second-order valence-corrected chi connectivity index (χ2v) is 14.0. The molecule has 272 valence electrons. The van der Waals surface area contributed by atoms with E-state index in [0.717, 1.165) is 81.4 Å². The molecule has 0 saturated carbocycles. The Bertz CT molecular complexity index is 2600. The minimum Gasteiger partial charge on any atom is -0.462 e. The lowest BCUT2D eigenvalue weighted by Gasteiger charge is -2.33. The molecule has 0 radical (unpaired) electrons. The molecule has 0 spiro atoms. The molecule has 1 heterocycles. The van der Waals surface area contributed by atoms with Crippen molar-refractivity contribution in [2.24, 2.45) is 0 Å². The maximum Gasteiger partial charge on any atom is 0.136 e. The third-order valence-corrected chi connectivity index (χ3v) is 10.5. The Morgan fingerprint density at radius 1 is 0.482 bits per heavy atom. The maximum atomic E-state index is 6.24. The highest BCUT2D eigenvalue weighted by Crippen LogP contribution is 2.47. The lowest BCUT2D eigenvalue weighted by molar-refractivity contribution is 0.616. The SMILES string of the molecule is CCc1c(N(c2ccccc2)c2cccc(N(c3ccccc3)c3ccccc3)c2)cccc1N(c1cccc(C2=CC=CCC2)c1)c1coc2ccccc12. The summed E-state index contributed by atoms with van der Waals surface area (Å²) >= 11 is 0. The number of anilines is 9. The van der Waals surface area contributed by atoms with Gasteiger partial charge in [0, 0.05) is 39.5 Å². The Morgan fingerprint density at radius 2 is 1.02 bits per heavy atom. The fourth-order valence-corrected chi connectivity index (χ4v) is 7.95. The molecule has 0 bridgehead atoms. The number of rotatable bonds is 11. The summed E-state index contributed by atoms with van der Waals surface area (Å²) in [7, 11) is 0. The molecule has 8 aromatic rings. The Balaban J connectivity index is 1.24.